The first-order valence-electron chi connectivity index (χ1n) is 18.5. The Bertz CT molecular complexity index is 1840. The highest BCUT2D eigenvalue weighted by molar-refractivity contribution is 5.98. The highest BCUT2D eigenvalue weighted by Crippen LogP contribution is 2.55. The molecule has 3 N–H and O–H groups in total. The van der Waals surface area contributed by atoms with Crippen LogP contribution in [0.4, 0.5) is 31.1 Å². The van der Waals surface area contributed by atoms with Crippen molar-refractivity contribution in [2.24, 2.45) is 29.1 Å². The van der Waals surface area contributed by atoms with Gasteiger partial charge >= 0.3 is 12.3 Å². The van der Waals surface area contributed by atoms with E-state index in [1.54, 1.807) is 0 Å². The molecule has 5 aliphatic carbocycles. The van der Waals surface area contributed by atoms with Crippen LogP contribution in [0.5, 0.6) is 5.88 Å². The van der Waals surface area contributed by atoms with Crippen molar-refractivity contribution in [2.45, 2.75) is 108 Å². The zero-order chi connectivity index (χ0) is 38.7. The van der Waals surface area contributed by atoms with Gasteiger partial charge in [0.15, 0.2) is 0 Å². The number of hydrogen-bond acceptors (Lipinski definition) is 6. The summed E-state index contributed by atoms with van der Waals surface area (Å²) in [6.07, 6.45) is -1.17. The first kappa shape index (κ1) is 38.0. The van der Waals surface area contributed by atoms with Gasteiger partial charge in [0.1, 0.15) is 11.4 Å². The van der Waals surface area contributed by atoms with Crippen LogP contribution in [0, 0.1) is 34.9 Å². The second-order valence-corrected chi connectivity index (χ2v) is 16.0. The lowest BCUT2D eigenvalue weighted by atomic mass is 9.79. The van der Waals surface area contributed by atoms with Crippen molar-refractivity contribution >= 4 is 17.9 Å². The van der Waals surface area contributed by atoms with E-state index in [9.17, 15) is 36.3 Å². The summed E-state index contributed by atoms with van der Waals surface area (Å²) in [4.78, 5) is 44.6. The van der Waals surface area contributed by atoms with E-state index in [2.05, 4.69) is 27.9 Å². The largest absolute Gasteiger partial charge is 0.480 e. The minimum Gasteiger partial charge on any atom is -0.480 e. The second kappa shape index (κ2) is 14.1. The zero-order valence-electron chi connectivity index (χ0n) is 30.2. The van der Waals surface area contributed by atoms with E-state index < -0.39 is 53.5 Å². The average molecular weight is 763 g/mol. The summed E-state index contributed by atoms with van der Waals surface area (Å²) in [6.45, 7) is 4.04. The van der Waals surface area contributed by atoms with Gasteiger partial charge in [-0.05, 0) is 87.3 Å². The van der Waals surface area contributed by atoms with Crippen molar-refractivity contribution in [1.82, 2.24) is 20.9 Å². The molecule has 1 aromatic heterocycles. The Morgan fingerprint density at radius 3 is 2.33 bits per heavy atom. The molecule has 9 nitrogen and oxygen atoms in total. The van der Waals surface area contributed by atoms with Gasteiger partial charge in [-0.2, -0.15) is 13.2 Å². The van der Waals surface area contributed by atoms with E-state index in [-0.39, 0.29) is 76.6 Å². The number of fused-ring (bicyclic) bond motifs is 2. The third-order valence-electron chi connectivity index (χ3n) is 12.3. The first-order chi connectivity index (χ1) is 25.5. The molecule has 0 spiro atoms. The van der Waals surface area contributed by atoms with Crippen LogP contribution in [0.3, 0.4) is 0 Å². The van der Waals surface area contributed by atoms with Crippen LogP contribution in [0.15, 0.2) is 42.1 Å². The van der Waals surface area contributed by atoms with Crippen molar-refractivity contribution < 1.29 is 50.2 Å². The Morgan fingerprint density at radius 2 is 1.72 bits per heavy atom. The number of hydrogen-bond donors (Lipinski definition) is 3. The highest BCUT2D eigenvalue weighted by atomic mass is 19.4. The van der Waals surface area contributed by atoms with Gasteiger partial charge in [0.2, 0.25) is 23.8 Å². The number of allylic oxidation sites excluding steroid dienone is 1. The summed E-state index contributed by atoms with van der Waals surface area (Å²) in [5, 5.41) is 8.54. The lowest BCUT2D eigenvalue weighted by molar-refractivity contribution is -0.206. The summed E-state index contributed by atoms with van der Waals surface area (Å²) < 4.78 is 95.6. The van der Waals surface area contributed by atoms with Crippen LogP contribution >= 0.6 is 0 Å². The Balaban J connectivity index is 1.16. The molecule has 5 saturated carbocycles. The smallest absolute Gasteiger partial charge is 0.429 e. The van der Waals surface area contributed by atoms with Crippen molar-refractivity contribution in [3.63, 3.8) is 0 Å². The maximum Gasteiger partial charge on any atom is 0.429 e. The van der Waals surface area contributed by atoms with Crippen molar-refractivity contribution in [3.8, 4) is 17.0 Å². The topological polar surface area (TPSA) is 119 Å². The minimum atomic E-state index is -5.03. The summed E-state index contributed by atoms with van der Waals surface area (Å²) in [5.74, 6) is -6.29. The van der Waals surface area contributed by atoms with Gasteiger partial charge in [-0.25, -0.2) is 22.9 Å². The molecule has 3 amide bonds. The van der Waals surface area contributed by atoms with E-state index >= 15 is 4.39 Å². The predicted molar refractivity (Wildman–Crippen MR) is 184 cm³/mol. The monoisotopic (exact) mass is 762 g/mol. The quantitative estimate of drug-likeness (QED) is 0.159. The summed E-state index contributed by atoms with van der Waals surface area (Å²) in [6, 6.07) is 2.72. The molecule has 7 rings (SSSR count). The lowest BCUT2D eigenvalue weighted by Gasteiger charge is -2.33. The van der Waals surface area contributed by atoms with Crippen LogP contribution in [-0.2, 0) is 9.53 Å². The number of benzene rings is 1. The molecule has 1 heterocycles. The van der Waals surface area contributed by atoms with Gasteiger partial charge in [0.25, 0.3) is 5.91 Å². The molecule has 1 aromatic carbocycles. The number of amides is 3. The molecular formula is C39H44F6N4O5. The Kier molecular flexibility index (Phi) is 9.91. The second-order valence-electron chi connectivity index (χ2n) is 16.0. The molecule has 6 atom stereocenters. The molecule has 2 aromatic rings. The average Bonchev–Trinajstić information content (AvgIpc) is 3.63. The van der Waals surface area contributed by atoms with Gasteiger partial charge in [0.05, 0.1) is 13.0 Å². The summed E-state index contributed by atoms with van der Waals surface area (Å²) in [7, 11) is 1.27. The fraction of sp³-hybridized carbons (Fsp3) is 0.590. The number of aromatic nitrogens is 1. The third-order valence-corrected chi connectivity index (χ3v) is 12.3. The van der Waals surface area contributed by atoms with Gasteiger partial charge in [-0.3, -0.25) is 9.59 Å². The number of carbonyl (C=O) groups is 3. The van der Waals surface area contributed by atoms with E-state index in [4.69, 9.17) is 9.47 Å². The zero-order valence-corrected chi connectivity index (χ0v) is 30.2. The molecule has 2 bridgehead atoms. The molecule has 5 aliphatic rings. The SMILES string of the molecule is COc1ncc(-c2cc([C@H](OC(=O)NC3CCC3)C(F)(F)F)ccc2F)cc1C(=O)N[C@H]1[C@@H](C(=O)N[C@H](C)C2(C)CC2)[C@H]2CC[C@@H]1/C2=C\C1CC(F)(F)C1. The number of nitrogens with one attached hydrogen (secondary N) is 3. The van der Waals surface area contributed by atoms with Gasteiger partial charge < -0.3 is 25.4 Å². The van der Waals surface area contributed by atoms with Crippen molar-refractivity contribution in [2.75, 3.05) is 7.11 Å². The van der Waals surface area contributed by atoms with Crippen LogP contribution < -0.4 is 20.7 Å². The maximum absolute atomic E-state index is 15.4. The minimum absolute atomic E-state index is 0.0249. The summed E-state index contributed by atoms with van der Waals surface area (Å²) >= 11 is 0. The van der Waals surface area contributed by atoms with Crippen molar-refractivity contribution in [3.05, 3.63) is 59.1 Å². The number of methoxy groups -OCH3 is 1. The van der Waals surface area contributed by atoms with Crippen LogP contribution in [-0.4, -0.2) is 60.2 Å². The van der Waals surface area contributed by atoms with E-state index in [0.29, 0.717) is 25.7 Å². The van der Waals surface area contributed by atoms with Crippen LogP contribution in [0.1, 0.15) is 93.7 Å². The van der Waals surface area contributed by atoms with Crippen LogP contribution in [0.25, 0.3) is 11.1 Å². The first-order valence-corrected chi connectivity index (χ1v) is 18.5. The highest BCUT2D eigenvalue weighted by Gasteiger charge is 2.56. The van der Waals surface area contributed by atoms with Gasteiger partial charge in [-0.1, -0.05) is 24.6 Å². The fourth-order valence-electron chi connectivity index (χ4n) is 8.50. The molecule has 54 heavy (non-hydrogen) atoms. The Labute approximate surface area is 309 Å². The van der Waals surface area contributed by atoms with E-state index in [1.165, 1.54) is 13.2 Å². The van der Waals surface area contributed by atoms with Gasteiger partial charge in [0, 0.05) is 59.8 Å². The van der Waals surface area contributed by atoms with Gasteiger partial charge in [-0.15, -0.1) is 0 Å². The van der Waals surface area contributed by atoms with Crippen LogP contribution in [0.2, 0.25) is 0 Å². The standard InChI is InChI=1S/C39H44F6N4O5/c1-19(37(2)11-12-37)47-34(51)30-24-8-9-25(27(24)13-20-16-38(41,42)17-20)31(30)49-33(50)28-15-22(18-46-35(28)53-3)26-14-21(7-10-29(26)40)32(39(43,44)45)54-36(52)48-23-5-4-6-23/h7,10,13-15,18-20,23-25,30-32H,4-6,8-9,11-12,16-17H2,1-3H3,(H,47,51)(H,48,52)(H,49,50)/b27-13-/t19-,24+,25-,30+,31-,32+/m1/s1. The number of ether oxygens (including phenoxy) is 2. The molecule has 15 heteroatoms. The maximum atomic E-state index is 15.4. The van der Waals surface area contributed by atoms with E-state index in [1.807, 2.05) is 13.0 Å². The molecule has 0 unspecified atom stereocenters. The number of alkyl halides is 5. The summed E-state index contributed by atoms with van der Waals surface area (Å²) in [5.41, 5.74) is -0.224. The Morgan fingerprint density at radius 1 is 1.02 bits per heavy atom. The fourth-order valence-corrected chi connectivity index (χ4v) is 8.50. The molecule has 292 valence electrons. The molecular weight excluding hydrogens is 718 g/mol. The van der Waals surface area contributed by atoms with E-state index in [0.717, 1.165) is 49.2 Å². The number of carbonyl (C=O) groups excluding carboxylic acids is 3. The molecule has 0 aliphatic heterocycles. The Hall–Kier alpha value is -4.30. The number of rotatable bonds is 11. The van der Waals surface area contributed by atoms with Crippen molar-refractivity contribution in [1.29, 1.82) is 0 Å². The molecule has 0 radical (unpaired) electrons. The molecule has 5 fully saturated rings. The predicted octanol–water partition coefficient (Wildman–Crippen LogP) is 7.81. The number of nitrogens with zero attached hydrogens (tertiary/aromatic N) is 1. The normalized spacial score (nSPS) is 27.3. The lowest BCUT2D eigenvalue weighted by Crippen LogP contribution is -2.52. The number of pyridine rings is 1. The number of halogens is 6. The number of alkyl carbamates (subject to hydrolysis) is 1. The third kappa shape index (κ3) is 7.51. The molecule has 0 saturated heterocycles.